The number of carbonyl (C=O) groups is 1. The lowest BCUT2D eigenvalue weighted by atomic mass is 9.65. The minimum absolute atomic E-state index is 0. The van der Waals surface area contributed by atoms with Crippen LogP contribution in [-0.4, -0.2) is 22.8 Å². The first-order valence-electron chi connectivity index (χ1n) is 4.60. The van der Waals surface area contributed by atoms with Gasteiger partial charge in [0.15, 0.2) is 0 Å². The largest absolute Gasteiger partial charge is 0.481 e. The maximum Gasteiger partial charge on any atom is 0.309 e. The van der Waals surface area contributed by atoms with E-state index in [1.165, 1.54) is 0 Å². The summed E-state index contributed by atoms with van der Waals surface area (Å²) in [6, 6.07) is 0. The van der Waals surface area contributed by atoms with Gasteiger partial charge in [-0.15, -0.1) is 0 Å². The first-order valence-corrected chi connectivity index (χ1v) is 4.60. The molecule has 0 aromatic carbocycles. The molecule has 5 N–H and O–H groups in total. The highest BCUT2D eigenvalue weighted by atomic mass is 16.4. The summed E-state index contributed by atoms with van der Waals surface area (Å²) in [6.07, 6.45) is 1.38. The van der Waals surface area contributed by atoms with Gasteiger partial charge in [-0.2, -0.15) is 0 Å². The molecule has 0 saturated heterocycles. The maximum absolute atomic E-state index is 11.0. The smallest absolute Gasteiger partial charge is 0.309 e. The fraction of sp³-hybridized carbons (Fsp3) is 0.900. The number of carboxylic acids is 1. The molecule has 86 valence electrons. The molecule has 0 heterocycles. The van der Waals surface area contributed by atoms with Crippen molar-refractivity contribution in [2.45, 2.75) is 40.5 Å². The van der Waals surface area contributed by atoms with Gasteiger partial charge in [0.1, 0.15) is 0 Å². The molecule has 0 aliphatic carbocycles. The summed E-state index contributed by atoms with van der Waals surface area (Å²) in [5, 5.41) is 17.7. The van der Waals surface area contributed by atoms with Crippen LogP contribution in [0, 0.1) is 10.8 Å². The van der Waals surface area contributed by atoms with Gasteiger partial charge in [0, 0.05) is 6.61 Å². The fourth-order valence-corrected chi connectivity index (χ4v) is 1.12. The Morgan fingerprint density at radius 1 is 1.21 bits per heavy atom. The molecule has 0 spiro atoms. The highest BCUT2D eigenvalue weighted by Crippen LogP contribution is 2.42. The van der Waals surface area contributed by atoms with E-state index in [9.17, 15) is 4.79 Å². The number of aliphatic hydroxyl groups excluding tert-OH is 1. The zero-order valence-electron chi connectivity index (χ0n) is 9.63. The highest BCUT2D eigenvalue weighted by Gasteiger charge is 2.42. The number of hydrogen-bond acceptors (Lipinski definition) is 3. The first-order chi connectivity index (χ1) is 5.75. The molecule has 0 amide bonds. The Hall–Kier alpha value is -0.610. The Kier molecular flexibility index (Phi) is 6.02. The lowest BCUT2D eigenvalue weighted by molar-refractivity contribution is -0.154. The van der Waals surface area contributed by atoms with Gasteiger partial charge in [-0.1, -0.05) is 13.8 Å². The van der Waals surface area contributed by atoms with E-state index in [2.05, 4.69) is 0 Å². The monoisotopic (exact) mass is 205 g/mol. The predicted molar refractivity (Wildman–Crippen MR) is 56.5 cm³/mol. The number of hydrogen-bond donors (Lipinski definition) is 3. The van der Waals surface area contributed by atoms with Crippen molar-refractivity contribution in [3.63, 3.8) is 0 Å². The standard InChI is InChI=1S/C10H20O3.H3N/c1-9(2,6-5-7-11)10(3,4)8(12)13;/h11H,5-7H2,1-4H3,(H,12,13);1H3. The van der Waals surface area contributed by atoms with Gasteiger partial charge in [0.2, 0.25) is 0 Å². The van der Waals surface area contributed by atoms with Crippen molar-refractivity contribution in [2.24, 2.45) is 10.8 Å². The molecule has 0 rings (SSSR count). The summed E-state index contributed by atoms with van der Waals surface area (Å²) in [6.45, 7) is 7.44. The average molecular weight is 205 g/mol. The van der Waals surface area contributed by atoms with Crippen molar-refractivity contribution in [1.29, 1.82) is 0 Å². The van der Waals surface area contributed by atoms with Crippen LogP contribution in [-0.2, 0) is 4.79 Å². The van der Waals surface area contributed by atoms with Crippen LogP contribution in [0.1, 0.15) is 40.5 Å². The molecule has 0 fully saturated rings. The molecule has 14 heavy (non-hydrogen) atoms. The van der Waals surface area contributed by atoms with Crippen molar-refractivity contribution in [1.82, 2.24) is 6.15 Å². The Bertz CT molecular complexity index is 188. The van der Waals surface area contributed by atoms with Crippen molar-refractivity contribution in [2.75, 3.05) is 6.61 Å². The lowest BCUT2D eigenvalue weighted by Crippen LogP contribution is -2.39. The van der Waals surface area contributed by atoms with Gasteiger partial charge in [0.25, 0.3) is 0 Å². The third-order valence-corrected chi connectivity index (χ3v) is 3.19. The van der Waals surface area contributed by atoms with E-state index < -0.39 is 11.4 Å². The van der Waals surface area contributed by atoms with Crippen LogP contribution in [0.15, 0.2) is 0 Å². The predicted octanol–water partition coefficient (Wildman–Crippen LogP) is 2.06. The molecule has 0 atom stereocenters. The molecule has 0 bridgehead atoms. The van der Waals surface area contributed by atoms with Crippen LogP contribution in [0.25, 0.3) is 0 Å². The second-order valence-corrected chi connectivity index (χ2v) is 4.64. The Morgan fingerprint density at radius 3 is 1.93 bits per heavy atom. The van der Waals surface area contributed by atoms with Crippen LogP contribution in [0.5, 0.6) is 0 Å². The lowest BCUT2D eigenvalue weighted by Gasteiger charge is -2.38. The van der Waals surface area contributed by atoms with Gasteiger partial charge < -0.3 is 16.4 Å². The molecule has 4 nitrogen and oxygen atoms in total. The number of carboxylic acid groups (broad SMARTS) is 1. The highest BCUT2D eigenvalue weighted by molar-refractivity contribution is 5.74. The third kappa shape index (κ3) is 3.27. The van der Waals surface area contributed by atoms with Crippen LogP contribution >= 0.6 is 0 Å². The summed E-state index contributed by atoms with van der Waals surface area (Å²) in [7, 11) is 0. The van der Waals surface area contributed by atoms with E-state index in [4.69, 9.17) is 10.2 Å². The zero-order valence-corrected chi connectivity index (χ0v) is 9.63. The van der Waals surface area contributed by atoms with E-state index >= 15 is 0 Å². The van der Waals surface area contributed by atoms with Gasteiger partial charge in [-0.25, -0.2) is 0 Å². The molecule has 0 aromatic heterocycles. The summed E-state index contributed by atoms with van der Waals surface area (Å²) in [5.74, 6) is -0.782. The Labute approximate surface area is 85.9 Å². The van der Waals surface area contributed by atoms with Gasteiger partial charge in [0.05, 0.1) is 5.41 Å². The SMILES string of the molecule is CC(C)(CCCO)C(C)(C)C(=O)O.N. The maximum atomic E-state index is 11.0. The van der Waals surface area contributed by atoms with E-state index in [1.54, 1.807) is 13.8 Å². The van der Waals surface area contributed by atoms with Crippen LogP contribution < -0.4 is 6.15 Å². The minimum atomic E-state index is -0.782. The van der Waals surface area contributed by atoms with Crippen LogP contribution in [0.2, 0.25) is 0 Å². The molecule has 4 heteroatoms. The number of aliphatic hydroxyl groups is 1. The fourth-order valence-electron chi connectivity index (χ4n) is 1.12. The van der Waals surface area contributed by atoms with Crippen molar-refractivity contribution in [3.05, 3.63) is 0 Å². The minimum Gasteiger partial charge on any atom is -0.481 e. The third-order valence-electron chi connectivity index (χ3n) is 3.19. The molecular weight excluding hydrogens is 182 g/mol. The summed E-state index contributed by atoms with van der Waals surface area (Å²) >= 11 is 0. The molecule has 0 aromatic rings. The molecule has 0 aliphatic rings. The van der Waals surface area contributed by atoms with E-state index in [0.717, 1.165) is 6.42 Å². The zero-order chi connectivity index (χ0) is 10.7. The molecule has 0 radical (unpaired) electrons. The van der Waals surface area contributed by atoms with Gasteiger partial charge in [-0.3, -0.25) is 4.79 Å². The van der Waals surface area contributed by atoms with Crippen LogP contribution in [0.4, 0.5) is 0 Å². The van der Waals surface area contributed by atoms with Gasteiger partial charge >= 0.3 is 5.97 Å². The second-order valence-electron chi connectivity index (χ2n) is 4.64. The Morgan fingerprint density at radius 2 is 1.64 bits per heavy atom. The molecule has 0 aliphatic heterocycles. The second kappa shape index (κ2) is 5.32. The molecule has 0 unspecified atom stereocenters. The van der Waals surface area contributed by atoms with Gasteiger partial charge in [-0.05, 0) is 32.1 Å². The normalized spacial score (nSPS) is 12.1. The molecular formula is C10H23NO3. The van der Waals surface area contributed by atoms with Crippen molar-refractivity contribution < 1.29 is 15.0 Å². The van der Waals surface area contributed by atoms with E-state index in [0.29, 0.717) is 6.42 Å². The topological polar surface area (TPSA) is 92.5 Å². The number of aliphatic carboxylic acids is 1. The van der Waals surface area contributed by atoms with Crippen molar-refractivity contribution >= 4 is 5.97 Å². The van der Waals surface area contributed by atoms with E-state index in [1.807, 2.05) is 13.8 Å². The van der Waals surface area contributed by atoms with E-state index in [-0.39, 0.29) is 18.2 Å². The quantitative estimate of drug-likeness (QED) is 0.640. The Balaban J connectivity index is 0. The number of rotatable bonds is 5. The summed E-state index contributed by atoms with van der Waals surface area (Å²) < 4.78 is 0. The van der Waals surface area contributed by atoms with Crippen LogP contribution in [0.3, 0.4) is 0 Å². The summed E-state index contributed by atoms with van der Waals surface area (Å²) in [5.41, 5.74) is -1.04. The van der Waals surface area contributed by atoms with Crippen molar-refractivity contribution in [3.8, 4) is 0 Å². The summed E-state index contributed by atoms with van der Waals surface area (Å²) in [4.78, 5) is 11.0. The average Bonchev–Trinajstić information content (AvgIpc) is 2.00. The molecule has 0 saturated carbocycles. The first kappa shape index (κ1) is 15.8.